The minimum absolute atomic E-state index is 0.0170. The molecule has 2 N–H and O–H groups in total. The first-order valence-electron chi connectivity index (χ1n) is 11.2. The number of amides is 1. The maximum absolute atomic E-state index is 12.5. The highest BCUT2D eigenvalue weighted by Crippen LogP contribution is 2.29. The highest BCUT2D eigenvalue weighted by Gasteiger charge is 2.16. The van der Waals surface area contributed by atoms with Crippen molar-refractivity contribution < 1.29 is 27.2 Å². The Morgan fingerprint density at radius 2 is 1.76 bits per heavy atom. The van der Waals surface area contributed by atoms with Crippen molar-refractivity contribution in [3.63, 3.8) is 0 Å². The molecule has 0 unspecified atom stereocenters. The van der Waals surface area contributed by atoms with Crippen molar-refractivity contribution >= 4 is 33.5 Å². The van der Waals surface area contributed by atoms with Crippen LogP contribution in [0.2, 0.25) is 0 Å². The lowest BCUT2D eigenvalue weighted by atomic mass is 10.2. The lowest BCUT2D eigenvalue weighted by Gasteiger charge is -2.11. The van der Waals surface area contributed by atoms with Crippen LogP contribution >= 0.6 is 0 Å². The van der Waals surface area contributed by atoms with Gasteiger partial charge in [0.15, 0.2) is 17.3 Å². The molecule has 0 atom stereocenters. The minimum atomic E-state index is -3.84. The Kier molecular flexibility index (Phi) is 7.89. The number of hydrogen-bond acceptors (Lipinski definition) is 7. The summed E-state index contributed by atoms with van der Waals surface area (Å²) in [6.07, 6.45) is 3.01. The van der Waals surface area contributed by atoms with Gasteiger partial charge in [-0.05, 0) is 60.5 Å². The number of hydrogen-bond donors (Lipinski definition) is 2. The number of nitrogens with one attached hydrogen (secondary N) is 2. The van der Waals surface area contributed by atoms with Crippen LogP contribution in [0.3, 0.4) is 0 Å². The summed E-state index contributed by atoms with van der Waals surface area (Å²) in [5.41, 5.74) is 2.22. The van der Waals surface area contributed by atoms with Crippen LogP contribution in [-0.2, 0) is 21.4 Å². The fourth-order valence-electron chi connectivity index (χ4n) is 3.33. The summed E-state index contributed by atoms with van der Waals surface area (Å²) in [5, 5.41) is 6.32. The number of carbonyl (C=O) groups is 1. The molecular formula is C27H25N3O6S. The van der Waals surface area contributed by atoms with Crippen molar-refractivity contribution in [1.29, 1.82) is 0 Å². The number of aryl methyl sites for hydroxylation is 1. The molecule has 4 rings (SSSR count). The Bertz CT molecular complexity index is 1500. The van der Waals surface area contributed by atoms with E-state index in [1.807, 2.05) is 36.4 Å². The Morgan fingerprint density at radius 3 is 2.43 bits per heavy atom. The number of anilines is 2. The molecule has 37 heavy (non-hydrogen) atoms. The highest BCUT2D eigenvalue weighted by molar-refractivity contribution is 7.92. The summed E-state index contributed by atoms with van der Waals surface area (Å²) in [6.45, 7) is 2.06. The van der Waals surface area contributed by atoms with Crippen molar-refractivity contribution in [3.05, 3.63) is 102 Å². The summed E-state index contributed by atoms with van der Waals surface area (Å²) in [7, 11) is -2.29. The number of methoxy groups -OCH3 is 1. The van der Waals surface area contributed by atoms with E-state index in [2.05, 4.69) is 15.2 Å². The van der Waals surface area contributed by atoms with E-state index in [-0.39, 0.29) is 16.6 Å². The van der Waals surface area contributed by atoms with E-state index in [0.29, 0.717) is 29.6 Å². The number of aromatic nitrogens is 1. The van der Waals surface area contributed by atoms with Gasteiger partial charge in [0.05, 0.1) is 12.0 Å². The first-order chi connectivity index (χ1) is 17.8. The molecule has 1 heterocycles. The van der Waals surface area contributed by atoms with Crippen LogP contribution in [0, 0.1) is 6.92 Å². The van der Waals surface area contributed by atoms with E-state index < -0.39 is 10.0 Å². The van der Waals surface area contributed by atoms with Gasteiger partial charge in [0.2, 0.25) is 5.91 Å². The molecule has 0 saturated carbocycles. The molecule has 0 aliphatic carbocycles. The molecule has 1 aromatic heterocycles. The standard InChI is InChI=1S/C27H25N3O6S/c1-19-16-26(29-36-19)30-37(32,33)23-12-10-22(11-13-23)28-27(31)15-9-20-8-14-24(25(17-20)34-2)35-18-21-6-4-3-5-7-21/h3-17H,18H2,1-2H3,(H,28,31)(H,29,30). The topological polar surface area (TPSA) is 120 Å². The number of nitrogens with zero attached hydrogens (tertiary/aromatic N) is 1. The molecule has 0 spiro atoms. The minimum Gasteiger partial charge on any atom is -0.493 e. The van der Waals surface area contributed by atoms with Crippen LogP contribution in [0.25, 0.3) is 6.08 Å². The summed E-state index contributed by atoms with van der Waals surface area (Å²) < 4.78 is 43.5. The van der Waals surface area contributed by atoms with E-state index in [1.165, 1.54) is 36.4 Å². The number of sulfonamides is 1. The zero-order valence-corrected chi connectivity index (χ0v) is 21.0. The summed E-state index contributed by atoms with van der Waals surface area (Å²) >= 11 is 0. The monoisotopic (exact) mass is 519 g/mol. The van der Waals surface area contributed by atoms with Gasteiger partial charge < -0.3 is 19.3 Å². The molecule has 9 nitrogen and oxygen atoms in total. The van der Waals surface area contributed by atoms with Gasteiger partial charge in [-0.3, -0.25) is 9.52 Å². The predicted molar refractivity (Wildman–Crippen MR) is 140 cm³/mol. The fourth-order valence-corrected chi connectivity index (χ4v) is 4.31. The van der Waals surface area contributed by atoms with Crippen molar-refractivity contribution in [2.75, 3.05) is 17.1 Å². The predicted octanol–water partition coefficient (Wildman–Crippen LogP) is 5.02. The number of rotatable bonds is 10. The number of benzene rings is 3. The first kappa shape index (κ1) is 25.5. The molecule has 0 radical (unpaired) electrons. The molecular weight excluding hydrogens is 494 g/mol. The quantitative estimate of drug-likeness (QED) is 0.282. The van der Waals surface area contributed by atoms with Crippen LogP contribution in [0.5, 0.6) is 11.5 Å². The fraction of sp³-hybridized carbons (Fsp3) is 0.111. The number of ether oxygens (including phenoxy) is 2. The van der Waals surface area contributed by atoms with Crippen LogP contribution in [0.1, 0.15) is 16.9 Å². The second-order valence-corrected chi connectivity index (χ2v) is 9.64. The molecule has 0 fully saturated rings. The Hall–Kier alpha value is -4.57. The van der Waals surface area contributed by atoms with Crippen molar-refractivity contribution in [1.82, 2.24) is 5.16 Å². The largest absolute Gasteiger partial charge is 0.493 e. The Labute approximate surface area is 214 Å². The van der Waals surface area contributed by atoms with Crippen LogP contribution < -0.4 is 19.5 Å². The van der Waals surface area contributed by atoms with Crippen molar-refractivity contribution in [2.45, 2.75) is 18.4 Å². The van der Waals surface area contributed by atoms with Crippen LogP contribution in [0.15, 0.2) is 94.4 Å². The van der Waals surface area contributed by atoms with Gasteiger partial charge in [0, 0.05) is 17.8 Å². The highest BCUT2D eigenvalue weighted by atomic mass is 32.2. The van der Waals surface area contributed by atoms with Gasteiger partial charge in [0.25, 0.3) is 10.0 Å². The van der Waals surface area contributed by atoms with E-state index in [9.17, 15) is 13.2 Å². The van der Waals surface area contributed by atoms with Crippen molar-refractivity contribution in [2.24, 2.45) is 0 Å². The maximum atomic E-state index is 12.5. The van der Waals surface area contributed by atoms with Gasteiger partial charge in [-0.1, -0.05) is 41.6 Å². The van der Waals surface area contributed by atoms with E-state index in [0.717, 1.165) is 11.1 Å². The second-order valence-electron chi connectivity index (χ2n) is 7.96. The molecule has 3 aromatic carbocycles. The Morgan fingerprint density at radius 1 is 1.00 bits per heavy atom. The van der Waals surface area contributed by atoms with E-state index in [1.54, 1.807) is 32.2 Å². The maximum Gasteiger partial charge on any atom is 0.263 e. The second kappa shape index (κ2) is 11.4. The zero-order valence-electron chi connectivity index (χ0n) is 20.2. The first-order valence-corrected chi connectivity index (χ1v) is 12.7. The van der Waals surface area contributed by atoms with Crippen LogP contribution in [-0.4, -0.2) is 26.6 Å². The molecule has 0 bridgehead atoms. The average Bonchev–Trinajstić information content (AvgIpc) is 3.30. The number of carbonyl (C=O) groups excluding carboxylic acids is 1. The zero-order chi connectivity index (χ0) is 26.3. The third-order valence-electron chi connectivity index (χ3n) is 5.15. The molecule has 190 valence electrons. The van der Waals surface area contributed by atoms with Gasteiger partial charge >= 0.3 is 0 Å². The smallest absolute Gasteiger partial charge is 0.263 e. The summed E-state index contributed by atoms with van der Waals surface area (Å²) in [6, 6.07) is 22.4. The van der Waals surface area contributed by atoms with Crippen molar-refractivity contribution in [3.8, 4) is 11.5 Å². The Balaban J connectivity index is 1.35. The molecule has 0 aliphatic rings. The van der Waals surface area contributed by atoms with Gasteiger partial charge in [-0.15, -0.1) is 0 Å². The van der Waals surface area contributed by atoms with Gasteiger partial charge in [0.1, 0.15) is 12.4 Å². The molecule has 0 saturated heterocycles. The third kappa shape index (κ3) is 6.98. The summed E-state index contributed by atoms with van der Waals surface area (Å²) in [4.78, 5) is 12.4. The van der Waals surface area contributed by atoms with E-state index >= 15 is 0 Å². The molecule has 0 aliphatic heterocycles. The molecule has 4 aromatic rings. The molecule has 10 heteroatoms. The lowest BCUT2D eigenvalue weighted by Crippen LogP contribution is -2.13. The van der Waals surface area contributed by atoms with Gasteiger partial charge in [-0.25, -0.2) is 8.42 Å². The molecule has 1 amide bonds. The lowest BCUT2D eigenvalue weighted by molar-refractivity contribution is -0.111. The van der Waals surface area contributed by atoms with Crippen LogP contribution in [0.4, 0.5) is 11.5 Å². The normalized spacial score (nSPS) is 11.3. The SMILES string of the molecule is COc1cc(C=CC(=O)Nc2ccc(S(=O)(=O)Nc3cc(C)on3)cc2)ccc1OCc1ccccc1. The summed E-state index contributed by atoms with van der Waals surface area (Å²) in [5.74, 6) is 1.33. The van der Waals surface area contributed by atoms with Gasteiger partial charge in [-0.2, -0.15) is 0 Å². The van der Waals surface area contributed by atoms with E-state index in [4.69, 9.17) is 14.0 Å². The third-order valence-corrected chi connectivity index (χ3v) is 6.52. The average molecular weight is 520 g/mol.